The summed E-state index contributed by atoms with van der Waals surface area (Å²) in [7, 11) is 1.33. The standard InChI is InChI=1S/C19H27NO3/c1-7-10-19(5,18(22)23-6)20-17(21)9-8-16-12-14(3)13(2)11-15(16)4/h8-9,11-12H,7,10H2,1-6H3,(H,20,21). The minimum Gasteiger partial charge on any atom is -0.467 e. The molecule has 1 unspecified atom stereocenters. The van der Waals surface area contributed by atoms with Gasteiger partial charge in [-0.1, -0.05) is 25.5 Å². The predicted octanol–water partition coefficient (Wildman–Crippen LogP) is 3.47. The van der Waals surface area contributed by atoms with E-state index < -0.39 is 11.5 Å². The SMILES string of the molecule is CCCC(C)(NC(=O)C=Cc1cc(C)c(C)cc1C)C(=O)OC. The molecule has 126 valence electrons. The molecule has 4 nitrogen and oxygen atoms in total. The van der Waals surface area contributed by atoms with Gasteiger partial charge in [-0.05, 0) is 62.4 Å². The lowest BCUT2D eigenvalue weighted by Crippen LogP contribution is -2.52. The summed E-state index contributed by atoms with van der Waals surface area (Å²) in [5.41, 5.74) is 3.52. The number of aryl methyl sites for hydroxylation is 3. The highest BCUT2D eigenvalue weighted by atomic mass is 16.5. The number of rotatable bonds is 6. The third kappa shape index (κ3) is 4.95. The number of hydrogen-bond acceptors (Lipinski definition) is 3. The minimum atomic E-state index is -0.997. The smallest absolute Gasteiger partial charge is 0.331 e. The molecule has 23 heavy (non-hydrogen) atoms. The van der Waals surface area contributed by atoms with Gasteiger partial charge in [0, 0.05) is 6.08 Å². The second-order valence-electron chi connectivity index (χ2n) is 6.19. The number of carbonyl (C=O) groups excluding carboxylic acids is 2. The lowest BCUT2D eigenvalue weighted by atomic mass is 9.96. The van der Waals surface area contributed by atoms with Gasteiger partial charge < -0.3 is 10.1 Å². The summed E-state index contributed by atoms with van der Waals surface area (Å²) in [5.74, 6) is -0.729. The van der Waals surface area contributed by atoms with Crippen LogP contribution in [0.2, 0.25) is 0 Å². The highest BCUT2D eigenvalue weighted by molar-refractivity contribution is 5.96. The maximum absolute atomic E-state index is 12.2. The maximum atomic E-state index is 12.2. The van der Waals surface area contributed by atoms with Gasteiger partial charge in [-0.3, -0.25) is 4.79 Å². The van der Waals surface area contributed by atoms with Crippen LogP contribution in [0.25, 0.3) is 6.08 Å². The molecule has 0 saturated heterocycles. The van der Waals surface area contributed by atoms with E-state index >= 15 is 0 Å². The molecular weight excluding hydrogens is 290 g/mol. The number of benzene rings is 1. The van der Waals surface area contributed by atoms with E-state index in [1.165, 1.54) is 24.3 Å². The molecular formula is C19H27NO3. The highest BCUT2D eigenvalue weighted by Crippen LogP contribution is 2.17. The van der Waals surface area contributed by atoms with Crippen molar-refractivity contribution in [1.29, 1.82) is 0 Å². The van der Waals surface area contributed by atoms with Gasteiger partial charge in [-0.2, -0.15) is 0 Å². The lowest BCUT2D eigenvalue weighted by Gasteiger charge is -2.26. The lowest BCUT2D eigenvalue weighted by molar-refractivity contribution is -0.150. The molecule has 0 radical (unpaired) electrons. The van der Waals surface area contributed by atoms with Crippen molar-refractivity contribution in [2.45, 2.75) is 53.0 Å². The summed E-state index contributed by atoms with van der Waals surface area (Å²) < 4.78 is 4.80. The Hall–Kier alpha value is -2.10. The first kappa shape index (κ1) is 18.9. The van der Waals surface area contributed by atoms with E-state index in [0.717, 1.165) is 17.5 Å². The van der Waals surface area contributed by atoms with Crippen LogP contribution in [0.3, 0.4) is 0 Å². The van der Waals surface area contributed by atoms with E-state index in [2.05, 4.69) is 24.4 Å². The van der Waals surface area contributed by atoms with Crippen molar-refractivity contribution < 1.29 is 14.3 Å². The van der Waals surface area contributed by atoms with Crippen LogP contribution in [0.1, 0.15) is 48.9 Å². The van der Waals surface area contributed by atoms with E-state index in [-0.39, 0.29) is 5.91 Å². The van der Waals surface area contributed by atoms with Gasteiger partial charge in [0.05, 0.1) is 7.11 Å². The Labute approximate surface area is 138 Å². The van der Waals surface area contributed by atoms with Crippen molar-refractivity contribution in [3.05, 3.63) is 40.5 Å². The van der Waals surface area contributed by atoms with Gasteiger partial charge in [0.25, 0.3) is 0 Å². The summed E-state index contributed by atoms with van der Waals surface area (Å²) in [5, 5.41) is 2.76. The Morgan fingerprint density at radius 2 is 1.78 bits per heavy atom. The molecule has 1 aromatic carbocycles. The van der Waals surface area contributed by atoms with Gasteiger partial charge in [0.15, 0.2) is 0 Å². The largest absolute Gasteiger partial charge is 0.467 e. The summed E-state index contributed by atoms with van der Waals surface area (Å²) in [6.07, 6.45) is 4.54. The maximum Gasteiger partial charge on any atom is 0.331 e. The fourth-order valence-electron chi connectivity index (χ4n) is 2.58. The van der Waals surface area contributed by atoms with Crippen LogP contribution in [0.15, 0.2) is 18.2 Å². The first-order valence-electron chi connectivity index (χ1n) is 7.90. The minimum absolute atomic E-state index is 0.302. The first-order chi connectivity index (χ1) is 10.7. The molecule has 0 aliphatic heterocycles. The van der Waals surface area contributed by atoms with Gasteiger partial charge >= 0.3 is 5.97 Å². The van der Waals surface area contributed by atoms with Crippen LogP contribution < -0.4 is 5.32 Å². The normalized spacial score (nSPS) is 13.7. The Kier molecular flexibility index (Phi) is 6.55. The van der Waals surface area contributed by atoms with Crippen molar-refractivity contribution in [3.63, 3.8) is 0 Å². The molecule has 1 rings (SSSR count). The molecule has 4 heteroatoms. The van der Waals surface area contributed by atoms with Gasteiger partial charge in [0.1, 0.15) is 5.54 Å². The molecule has 0 aliphatic rings. The molecule has 1 N–H and O–H groups in total. The van der Waals surface area contributed by atoms with E-state index in [1.807, 2.05) is 20.8 Å². The molecule has 1 aromatic rings. The number of carbonyl (C=O) groups is 2. The summed E-state index contributed by atoms with van der Waals surface area (Å²) >= 11 is 0. The monoisotopic (exact) mass is 317 g/mol. The number of esters is 1. The van der Waals surface area contributed by atoms with Crippen LogP contribution in [-0.2, 0) is 14.3 Å². The third-order valence-corrected chi connectivity index (χ3v) is 4.08. The molecule has 0 spiro atoms. The molecule has 1 amide bonds. The van der Waals surface area contributed by atoms with Crippen LogP contribution in [0, 0.1) is 20.8 Å². The van der Waals surface area contributed by atoms with Crippen LogP contribution in [0.5, 0.6) is 0 Å². The fourth-order valence-corrected chi connectivity index (χ4v) is 2.58. The highest BCUT2D eigenvalue weighted by Gasteiger charge is 2.34. The average Bonchev–Trinajstić information content (AvgIpc) is 2.48. The van der Waals surface area contributed by atoms with Crippen molar-refractivity contribution in [3.8, 4) is 0 Å². The second kappa shape index (κ2) is 7.95. The summed E-state index contributed by atoms with van der Waals surface area (Å²) in [6.45, 7) is 9.77. The molecule has 1 atom stereocenters. The zero-order valence-electron chi connectivity index (χ0n) is 14.9. The van der Waals surface area contributed by atoms with Gasteiger partial charge in [-0.25, -0.2) is 4.79 Å². The Bertz CT molecular complexity index is 619. The Balaban J connectivity index is 2.90. The number of methoxy groups -OCH3 is 1. The van der Waals surface area contributed by atoms with Crippen LogP contribution >= 0.6 is 0 Å². The van der Waals surface area contributed by atoms with Crippen LogP contribution in [0.4, 0.5) is 0 Å². The second-order valence-corrected chi connectivity index (χ2v) is 6.19. The molecule has 0 fully saturated rings. The Morgan fingerprint density at radius 1 is 1.17 bits per heavy atom. The van der Waals surface area contributed by atoms with Crippen molar-refractivity contribution in [2.75, 3.05) is 7.11 Å². The molecule has 0 saturated carbocycles. The molecule has 0 heterocycles. The predicted molar refractivity (Wildman–Crippen MR) is 93.2 cm³/mol. The van der Waals surface area contributed by atoms with E-state index in [1.54, 1.807) is 13.0 Å². The zero-order chi connectivity index (χ0) is 17.6. The number of amides is 1. The average molecular weight is 317 g/mol. The quantitative estimate of drug-likeness (QED) is 0.645. The van der Waals surface area contributed by atoms with E-state index in [0.29, 0.717) is 6.42 Å². The van der Waals surface area contributed by atoms with E-state index in [9.17, 15) is 9.59 Å². The number of ether oxygens (including phenoxy) is 1. The van der Waals surface area contributed by atoms with Gasteiger partial charge in [-0.15, -0.1) is 0 Å². The number of nitrogens with one attached hydrogen (secondary N) is 1. The van der Waals surface area contributed by atoms with Crippen molar-refractivity contribution in [1.82, 2.24) is 5.32 Å². The molecule has 0 bridgehead atoms. The van der Waals surface area contributed by atoms with Crippen molar-refractivity contribution in [2.24, 2.45) is 0 Å². The zero-order valence-corrected chi connectivity index (χ0v) is 14.9. The molecule has 0 aromatic heterocycles. The third-order valence-electron chi connectivity index (χ3n) is 4.08. The summed E-state index contributed by atoms with van der Waals surface area (Å²) in [6, 6.07) is 4.16. The topological polar surface area (TPSA) is 55.4 Å². The van der Waals surface area contributed by atoms with Crippen LogP contribution in [-0.4, -0.2) is 24.5 Å². The van der Waals surface area contributed by atoms with E-state index in [4.69, 9.17) is 4.74 Å². The number of hydrogen-bond donors (Lipinski definition) is 1. The Morgan fingerprint density at radius 3 is 2.35 bits per heavy atom. The molecule has 0 aliphatic carbocycles. The van der Waals surface area contributed by atoms with Crippen molar-refractivity contribution >= 4 is 18.0 Å². The first-order valence-corrected chi connectivity index (χ1v) is 7.90. The van der Waals surface area contributed by atoms with Gasteiger partial charge in [0.2, 0.25) is 5.91 Å². The summed E-state index contributed by atoms with van der Waals surface area (Å²) in [4.78, 5) is 24.1. The fraction of sp³-hybridized carbons (Fsp3) is 0.474.